The van der Waals surface area contributed by atoms with Crippen LogP contribution in [0.4, 0.5) is 11.4 Å². The van der Waals surface area contributed by atoms with Gasteiger partial charge in [0.25, 0.3) is 10.0 Å². The second kappa shape index (κ2) is 5.65. The van der Waals surface area contributed by atoms with Gasteiger partial charge in [-0.2, -0.15) is 0 Å². The van der Waals surface area contributed by atoms with Gasteiger partial charge in [-0.1, -0.05) is 0 Å². The molecule has 5 nitrogen and oxygen atoms in total. The number of sulfonamides is 1. The summed E-state index contributed by atoms with van der Waals surface area (Å²) in [6, 6.07) is 9.81. The number of aryl methyl sites for hydroxylation is 2. The molecule has 0 aliphatic heterocycles. The van der Waals surface area contributed by atoms with Crippen molar-refractivity contribution in [2.75, 3.05) is 17.6 Å². The Morgan fingerprint density at radius 2 is 1.62 bits per heavy atom. The average molecular weight is 306 g/mol. The van der Waals surface area contributed by atoms with Gasteiger partial charge in [0.05, 0.1) is 7.11 Å². The summed E-state index contributed by atoms with van der Waals surface area (Å²) in [6.45, 7) is 3.76. The van der Waals surface area contributed by atoms with Gasteiger partial charge in [-0.05, 0) is 61.4 Å². The number of methoxy groups -OCH3 is 1. The van der Waals surface area contributed by atoms with Gasteiger partial charge in [0.15, 0.2) is 0 Å². The third-order valence-corrected chi connectivity index (χ3v) is 4.63. The van der Waals surface area contributed by atoms with Gasteiger partial charge in [-0.15, -0.1) is 0 Å². The number of nitrogens with two attached hydrogens (primary N) is 1. The van der Waals surface area contributed by atoms with Crippen LogP contribution >= 0.6 is 0 Å². The summed E-state index contributed by atoms with van der Waals surface area (Å²) in [5.74, 6) is 0.320. The Kier molecular flexibility index (Phi) is 4.09. The lowest BCUT2D eigenvalue weighted by atomic mass is 10.1. The number of rotatable bonds is 4. The fourth-order valence-electron chi connectivity index (χ4n) is 1.89. The molecule has 0 radical (unpaired) electrons. The highest BCUT2D eigenvalue weighted by Gasteiger charge is 2.20. The van der Waals surface area contributed by atoms with Crippen LogP contribution in [0.25, 0.3) is 0 Å². The molecule has 0 fully saturated rings. The maximum atomic E-state index is 12.5. The van der Waals surface area contributed by atoms with Crippen LogP contribution in [-0.2, 0) is 10.0 Å². The molecule has 3 N–H and O–H groups in total. The van der Waals surface area contributed by atoms with Gasteiger partial charge < -0.3 is 10.5 Å². The zero-order chi connectivity index (χ0) is 15.6. The van der Waals surface area contributed by atoms with Gasteiger partial charge in [-0.25, -0.2) is 8.42 Å². The van der Waals surface area contributed by atoms with Gasteiger partial charge in [0.1, 0.15) is 10.6 Å². The summed E-state index contributed by atoms with van der Waals surface area (Å²) >= 11 is 0. The molecular formula is C15H18N2O3S. The van der Waals surface area contributed by atoms with E-state index in [1.807, 2.05) is 13.8 Å². The minimum Gasteiger partial charge on any atom is -0.495 e. The van der Waals surface area contributed by atoms with Crippen LogP contribution in [-0.4, -0.2) is 15.5 Å². The van der Waals surface area contributed by atoms with Gasteiger partial charge in [0.2, 0.25) is 0 Å². The fraction of sp³-hybridized carbons (Fsp3) is 0.200. The molecule has 0 amide bonds. The Morgan fingerprint density at radius 3 is 2.19 bits per heavy atom. The summed E-state index contributed by atoms with van der Waals surface area (Å²) in [6.07, 6.45) is 0. The van der Waals surface area contributed by atoms with Crippen LogP contribution in [0.15, 0.2) is 41.3 Å². The monoisotopic (exact) mass is 306 g/mol. The van der Waals surface area contributed by atoms with Crippen LogP contribution in [0, 0.1) is 13.8 Å². The molecular weight excluding hydrogens is 288 g/mol. The smallest absolute Gasteiger partial charge is 0.265 e. The fourth-order valence-corrected chi connectivity index (χ4v) is 3.19. The standard InChI is InChI=1S/C15H18N2O3S/c1-10-8-14(20-3)15(9-11(10)2)21(18,19)17-13-6-4-12(16)5-7-13/h4-9,17H,16H2,1-3H3. The Labute approximate surface area is 124 Å². The number of hydrogen-bond donors (Lipinski definition) is 2. The molecule has 2 aromatic rings. The molecule has 0 spiro atoms. The molecule has 0 aromatic heterocycles. The van der Waals surface area contributed by atoms with Crippen LogP contribution < -0.4 is 15.2 Å². The minimum atomic E-state index is -3.72. The predicted molar refractivity (Wildman–Crippen MR) is 84.1 cm³/mol. The first-order valence-electron chi connectivity index (χ1n) is 6.37. The lowest BCUT2D eigenvalue weighted by Gasteiger charge is -2.14. The zero-order valence-corrected chi connectivity index (χ0v) is 13.0. The summed E-state index contributed by atoms with van der Waals surface area (Å²) < 4.78 is 32.7. The van der Waals surface area contributed by atoms with E-state index >= 15 is 0 Å². The summed E-state index contributed by atoms with van der Waals surface area (Å²) in [4.78, 5) is 0.116. The van der Waals surface area contributed by atoms with E-state index in [4.69, 9.17) is 10.5 Å². The number of anilines is 2. The van der Waals surface area contributed by atoms with Crippen molar-refractivity contribution in [3.8, 4) is 5.75 Å². The number of nitrogen functional groups attached to an aromatic ring is 1. The molecule has 0 aliphatic carbocycles. The van der Waals surface area contributed by atoms with E-state index in [0.29, 0.717) is 17.1 Å². The molecule has 2 rings (SSSR count). The summed E-state index contributed by atoms with van der Waals surface area (Å²) in [5.41, 5.74) is 8.46. The van der Waals surface area contributed by atoms with Crippen molar-refractivity contribution in [1.82, 2.24) is 0 Å². The number of ether oxygens (including phenoxy) is 1. The molecule has 6 heteroatoms. The molecule has 0 unspecified atom stereocenters. The van der Waals surface area contributed by atoms with Gasteiger partial charge in [0, 0.05) is 11.4 Å². The molecule has 0 saturated carbocycles. The molecule has 0 aliphatic rings. The maximum absolute atomic E-state index is 12.5. The number of hydrogen-bond acceptors (Lipinski definition) is 4. The first-order chi connectivity index (χ1) is 9.83. The first kappa shape index (κ1) is 15.2. The molecule has 0 heterocycles. The van der Waals surface area contributed by atoms with Gasteiger partial charge in [-0.3, -0.25) is 4.72 Å². The zero-order valence-electron chi connectivity index (χ0n) is 12.2. The Balaban J connectivity index is 2.44. The first-order valence-corrected chi connectivity index (χ1v) is 7.85. The van der Waals surface area contributed by atoms with Crippen LogP contribution in [0.3, 0.4) is 0 Å². The van der Waals surface area contributed by atoms with E-state index in [1.54, 1.807) is 36.4 Å². The van der Waals surface area contributed by atoms with Crippen molar-refractivity contribution in [3.63, 3.8) is 0 Å². The SMILES string of the molecule is COc1cc(C)c(C)cc1S(=O)(=O)Nc1ccc(N)cc1. The van der Waals surface area contributed by atoms with E-state index in [0.717, 1.165) is 11.1 Å². The third kappa shape index (κ3) is 3.28. The normalized spacial score (nSPS) is 11.2. The van der Waals surface area contributed by atoms with E-state index in [1.165, 1.54) is 7.11 Å². The van der Waals surface area contributed by atoms with E-state index in [2.05, 4.69) is 4.72 Å². The average Bonchev–Trinajstić information content (AvgIpc) is 2.43. The Hall–Kier alpha value is -2.21. The molecule has 0 bridgehead atoms. The van der Waals surface area contributed by atoms with Crippen molar-refractivity contribution >= 4 is 21.4 Å². The Morgan fingerprint density at radius 1 is 1.05 bits per heavy atom. The molecule has 21 heavy (non-hydrogen) atoms. The summed E-state index contributed by atoms with van der Waals surface area (Å²) in [5, 5.41) is 0. The Bertz CT molecular complexity index is 753. The highest BCUT2D eigenvalue weighted by Crippen LogP contribution is 2.29. The largest absolute Gasteiger partial charge is 0.495 e. The molecule has 2 aromatic carbocycles. The summed E-state index contributed by atoms with van der Waals surface area (Å²) in [7, 11) is -2.27. The topological polar surface area (TPSA) is 81.4 Å². The van der Waals surface area contributed by atoms with Crippen LogP contribution in [0.1, 0.15) is 11.1 Å². The molecule has 112 valence electrons. The van der Waals surface area contributed by atoms with Crippen molar-refractivity contribution in [2.45, 2.75) is 18.7 Å². The quantitative estimate of drug-likeness (QED) is 0.851. The van der Waals surface area contributed by atoms with E-state index < -0.39 is 10.0 Å². The highest BCUT2D eigenvalue weighted by atomic mass is 32.2. The second-order valence-electron chi connectivity index (χ2n) is 4.81. The minimum absolute atomic E-state index is 0.116. The van der Waals surface area contributed by atoms with Crippen molar-refractivity contribution < 1.29 is 13.2 Å². The number of benzene rings is 2. The number of nitrogens with one attached hydrogen (secondary N) is 1. The van der Waals surface area contributed by atoms with Crippen LogP contribution in [0.5, 0.6) is 5.75 Å². The van der Waals surface area contributed by atoms with Crippen molar-refractivity contribution in [1.29, 1.82) is 0 Å². The lowest BCUT2D eigenvalue weighted by Crippen LogP contribution is -2.14. The second-order valence-corrected chi connectivity index (χ2v) is 6.47. The van der Waals surface area contributed by atoms with Crippen LogP contribution in [0.2, 0.25) is 0 Å². The van der Waals surface area contributed by atoms with E-state index in [9.17, 15) is 8.42 Å². The van der Waals surface area contributed by atoms with Crippen molar-refractivity contribution in [2.24, 2.45) is 0 Å². The maximum Gasteiger partial charge on any atom is 0.265 e. The van der Waals surface area contributed by atoms with Gasteiger partial charge >= 0.3 is 0 Å². The molecule has 0 saturated heterocycles. The highest BCUT2D eigenvalue weighted by molar-refractivity contribution is 7.92. The third-order valence-electron chi connectivity index (χ3n) is 3.23. The molecule has 0 atom stereocenters. The van der Waals surface area contributed by atoms with Crippen molar-refractivity contribution in [3.05, 3.63) is 47.5 Å². The lowest BCUT2D eigenvalue weighted by molar-refractivity contribution is 0.402. The van der Waals surface area contributed by atoms with E-state index in [-0.39, 0.29) is 4.90 Å². The predicted octanol–water partition coefficient (Wildman–Crippen LogP) is 2.70.